The summed E-state index contributed by atoms with van der Waals surface area (Å²) >= 11 is 0. The summed E-state index contributed by atoms with van der Waals surface area (Å²) in [7, 11) is 1.62. The molecule has 0 aromatic heterocycles. The molecular formula is C16H25ClFN3O2. The van der Waals surface area contributed by atoms with Gasteiger partial charge in [-0.15, -0.1) is 12.4 Å². The second-order valence-electron chi connectivity index (χ2n) is 5.84. The molecule has 3 N–H and O–H groups in total. The van der Waals surface area contributed by atoms with Crippen LogP contribution in [-0.2, 0) is 4.79 Å². The van der Waals surface area contributed by atoms with Crippen molar-refractivity contribution < 1.29 is 14.0 Å². The van der Waals surface area contributed by atoms with Gasteiger partial charge in [0.05, 0.1) is 5.69 Å². The highest BCUT2D eigenvalue weighted by Gasteiger charge is 2.18. The molecule has 0 aliphatic heterocycles. The van der Waals surface area contributed by atoms with Crippen LogP contribution in [-0.4, -0.2) is 36.3 Å². The number of likely N-dealkylation sites (N-methyl/N-ethyl adjacent to an activating group) is 1. The SMILES string of the molecule is CC(C)CC(=O)Nc1ccc(C(=O)N(C)C(C)CN)cc1F.Cl. The van der Waals surface area contributed by atoms with Gasteiger partial charge >= 0.3 is 0 Å². The number of nitrogens with one attached hydrogen (secondary N) is 1. The standard InChI is InChI=1S/C16H24FN3O2.ClH/c1-10(2)7-15(21)19-14-6-5-12(8-13(14)17)16(22)20(4)11(3)9-18;/h5-6,8,10-11H,7,9,18H2,1-4H3,(H,19,21);1H. The van der Waals surface area contributed by atoms with Gasteiger partial charge < -0.3 is 16.0 Å². The Kier molecular flexibility index (Phi) is 8.79. The second-order valence-corrected chi connectivity index (χ2v) is 5.84. The Bertz CT molecular complexity index is 552. The number of nitrogens with two attached hydrogens (primary N) is 1. The summed E-state index contributed by atoms with van der Waals surface area (Å²) in [5.74, 6) is -0.995. The number of anilines is 1. The lowest BCUT2D eigenvalue weighted by atomic mass is 10.1. The first kappa shape index (κ1) is 21.3. The number of halogens is 2. The van der Waals surface area contributed by atoms with E-state index in [0.717, 1.165) is 6.07 Å². The zero-order chi connectivity index (χ0) is 16.9. The molecule has 0 radical (unpaired) electrons. The van der Waals surface area contributed by atoms with Crippen molar-refractivity contribution in [1.82, 2.24) is 4.90 Å². The molecule has 2 amide bonds. The average Bonchev–Trinajstić information content (AvgIpc) is 2.46. The van der Waals surface area contributed by atoms with E-state index < -0.39 is 5.82 Å². The molecule has 5 nitrogen and oxygen atoms in total. The van der Waals surface area contributed by atoms with Crippen LogP contribution < -0.4 is 11.1 Å². The highest BCUT2D eigenvalue weighted by atomic mass is 35.5. The number of carbonyl (C=O) groups is 2. The normalized spacial score (nSPS) is 11.6. The molecule has 0 fully saturated rings. The Morgan fingerprint density at radius 2 is 1.91 bits per heavy atom. The Morgan fingerprint density at radius 1 is 1.30 bits per heavy atom. The van der Waals surface area contributed by atoms with Gasteiger partial charge in [0.2, 0.25) is 5.91 Å². The van der Waals surface area contributed by atoms with E-state index in [1.165, 1.54) is 17.0 Å². The molecule has 0 aliphatic rings. The van der Waals surface area contributed by atoms with Crippen molar-refractivity contribution in [2.75, 3.05) is 18.9 Å². The van der Waals surface area contributed by atoms with E-state index >= 15 is 0 Å². The molecule has 1 rings (SSSR count). The maximum atomic E-state index is 14.0. The largest absolute Gasteiger partial charge is 0.338 e. The monoisotopic (exact) mass is 345 g/mol. The molecule has 0 saturated heterocycles. The van der Waals surface area contributed by atoms with E-state index in [4.69, 9.17) is 5.73 Å². The van der Waals surface area contributed by atoms with Gasteiger partial charge in [-0.05, 0) is 31.0 Å². The Balaban J connectivity index is 0.00000484. The molecule has 0 bridgehead atoms. The Morgan fingerprint density at radius 3 is 2.39 bits per heavy atom. The van der Waals surface area contributed by atoms with Crippen molar-refractivity contribution in [2.24, 2.45) is 11.7 Å². The predicted octanol–water partition coefficient (Wildman–Crippen LogP) is 2.65. The van der Waals surface area contributed by atoms with Gasteiger partial charge in [-0.3, -0.25) is 9.59 Å². The van der Waals surface area contributed by atoms with Gasteiger partial charge in [0.25, 0.3) is 5.91 Å². The molecule has 0 heterocycles. The minimum Gasteiger partial charge on any atom is -0.338 e. The third kappa shape index (κ3) is 6.15. The number of benzene rings is 1. The van der Waals surface area contributed by atoms with E-state index in [0.29, 0.717) is 13.0 Å². The highest BCUT2D eigenvalue weighted by Crippen LogP contribution is 2.18. The fourth-order valence-corrected chi connectivity index (χ4v) is 1.88. The molecule has 0 saturated carbocycles. The minimum atomic E-state index is -0.628. The van der Waals surface area contributed by atoms with Crippen LogP contribution in [0.25, 0.3) is 0 Å². The maximum absolute atomic E-state index is 14.0. The molecule has 1 aromatic carbocycles. The van der Waals surface area contributed by atoms with Crippen molar-refractivity contribution >= 4 is 29.9 Å². The molecule has 1 unspecified atom stereocenters. The molecule has 1 aromatic rings. The van der Waals surface area contributed by atoms with Crippen LogP contribution in [0.5, 0.6) is 0 Å². The lowest BCUT2D eigenvalue weighted by Gasteiger charge is -2.23. The number of amides is 2. The van der Waals surface area contributed by atoms with Gasteiger partial charge in [-0.1, -0.05) is 13.8 Å². The summed E-state index contributed by atoms with van der Waals surface area (Å²) in [4.78, 5) is 25.3. The number of rotatable bonds is 6. The van der Waals surface area contributed by atoms with Crippen LogP contribution in [0.3, 0.4) is 0 Å². The third-order valence-electron chi connectivity index (χ3n) is 3.41. The van der Waals surface area contributed by atoms with Gasteiger partial charge in [0, 0.05) is 31.6 Å². The fourth-order valence-electron chi connectivity index (χ4n) is 1.88. The number of hydrogen-bond donors (Lipinski definition) is 2. The van der Waals surface area contributed by atoms with Crippen molar-refractivity contribution in [3.63, 3.8) is 0 Å². The molecule has 0 aliphatic carbocycles. The van der Waals surface area contributed by atoms with Crippen molar-refractivity contribution in [3.8, 4) is 0 Å². The summed E-state index contributed by atoms with van der Waals surface area (Å²) in [5, 5.41) is 2.51. The van der Waals surface area contributed by atoms with Crippen LogP contribution in [0, 0.1) is 11.7 Å². The van der Waals surface area contributed by atoms with Gasteiger partial charge in [0.15, 0.2) is 0 Å². The molecule has 23 heavy (non-hydrogen) atoms. The minimum absolute atomic E-state index is 0. The quantitative estimate of drug-likeness (QED) is 0.832. The smallest absolute Gasteiger partial charge is 0.253 e. The van der Waals surface area contributed by atoms with Crippen LogP contribution in [0.1, 0.15) is 37.6 Å². The highest BCUT2D eigenvalue weighted by molar-refractivity contribution is 5.96. The number of carbonyl (C=O) groups excluding carboxylic acids is 2. The van der Waals surface area contributed by atoms with E-state index in [1.54, 1.807) is 7.05 Å². The first-order chi connectivity index (χ1) is 10.3. The molecule has 7 heteroatoms. The van der Waals surface area contributed by atoms with E-state index in [2.05, 4.69) is 5.32 Å². The van der Waals surface area contributed by atoms with E-state index in [1.807, 2.05) is 20.8 Å². The average molecular weight is 346 g/mol. The molecule has 130 valence electrons. The second kappa shape index (κ2) is 9.47. The summed E-state index contributed by atoms with van der Waals surface area (Å²) in [5.41, 5.74) is 5.83. The Labute approximate surface area is 142 Å². The van der Waals surface area contributed by atoms with E-state index in [9.17, 15) is 14.0 Å². The van der Waals surface area contributed by atoms with Crippen molar-refractivity contribution in [2.45, 2.75) is 33.2 Å². The summed E-state index contributed by atoms with van der Waals surface area (Å²) < 4.78 is 14.0. The molecule has 1 atom stereocenters. The van der Waals surface area contributed by atoms with Crippen LogP contribution >= 0.6 is 12.4 Å². The van der Waals surface area contributed by atoms with Crippen molar-refractivity contribution in [1.29, 1.82) is 0 Å². The Hall–Kier alpha value is -1.66. The van der Waals surface area contributed by atoms with Gasteiger partial charge in [0.1, 0.15) is 5.82 Å². The lowest BCUT2D eigenvalue weighted by Crippen LogP contribution is -2.39. The summed E-state index contributed by atoms with van der Waals surface area (Å²) in [6.45, 7) is 5.96. The maximum Gasteiger partial charge on any atom is 0.253 e. The number of hydrogen-bond acceptors (Lipinski definition) is 3. The zero-order valence-electron chi connectivity index (χ0n) is 13.9. The number of nitrogens with zero attached hydrogens (tertiary/aromatic N) is 1. The van der Waals surface area contributed by atoms with Crippen LogP contribution in [0.2, 0.25) is 0 Å². The summed E-state index contributed by atoms with van der Waals surface area (Å²) in [6, 6.07) is 3.89. The van der Waals surface area contributed by atoms with Crippen molar-refractivity contribution in [3.05, 3.63) is 29.6 Å². The van der Waals surface area contributed by atoms with Gasteiger partial charge in [-0.25, -0.2) is 4.39 Å². The van der Waals surface area contributed by atoms with E-state index in [-0.39, 0.29) is 47.4 Å². The topological polar surface area (TPSA) is 75.4 Å². The fraction of sp³-hybridized carbons (Fsp3) is 0.500. The summed E-state index contributed by atoms with van der Waals surface area (Å²) in [6.07, 6.45) is 0.316. The molecule has 0 spiro atoms. The molecular weight excluding hydrogens is 321 g/mol. The van der Waals surface area contributed by atoms with Crippen LogP contribution in [0.4, 0.5) is 10.1 Å². The first-order valence-corrected chi connectivity index (χ1v) is 7.32. The predicted molar refractivity (Wildman–Crippen MR) is 92.3 cm³/mol. The third-order valence-corrected chi connectivity index (χ3v) is 3.41. The lowest BCUT2D eigenvalue weighted by molar-refractivity contribution is -0.116. The van der Waals surface area contributed by atoms with Crippen LogP contribution in [0.15, 0.2) is 18.2 Å². The zero-order valence-corrected chi connectivity index (χ0v) is 14.7. The first-order valence-electron chi connectivity index (χ1n) is 7.32. The van der Waals surface area contributed by atoms with Gasteiger partial charge in [-0.2, -0.15) is 0 Å².